The molecule has 0 unspecified atom stereocenters. The SMILES string of the molecule is CC[C@@H](C)c1ccccc1NC(=O)COC(=O)CN1C(=O)CCOc2ccccc21. The number of fused-ring (bicyclic) bond motifs is 1. The maximum atomic E-state index is 12.4. The maximum absolute atomic E-state index is 12.4. The van der Waals surface area contributed by atoms with Gasteiger partial charge in [0, 0.05) is 5.69 Å². The summed E-state index contributed by atoms with van der Waals surface area (Å²) in [7, 11) is 0. The summed E-state index contributed by atoms with van der Waals surface area (Å²) in [6.07, 6.45) is 1.10. The second-order valence-corrected chi connectivity index (χ2v) is 7.15. The van der Waals surface area contributed by atoms with E-state index < -0.39 is 18.5 Å². The van der Waals surface area contributed by atoms with E-state index in [4.69, 9.17) is 9.47 Å². The maximum Gasteiger partial charge on any atom is 0.326 e. The third-order valence-electron chi connectivity index (χ3n) is 5.06. The standard InChI is InChI=1S/C23H26N2O5/c1-3-16(2)17-8-4-5-9-18(17)24-21(26)15-30-23(28)14-25-19-10-6-7-11-20(19)29-13-12-22(25)27/h4-11,16H,3,12-15H2,1-2H3,(H,24,26)/t16-/m1/s1. The van der Waals surface area contributed by atoms with Gasteiger partial charge in [-0.05, 0) is 36.1 Å². The van der Waals surface area contributed by atoms with Crippen LogP contribution in [-0.2, 0) is 19.1 Å². The molecule has 2 aromatic carbocycles. The Kier molecular flexibility index (Phi) is 7.06. The van der Waals surface area contributed by atoms with Gasteiger partial charge in [-0.1, -0.05) is 44.2 Å². The van der Waals surface area contributed by atoms with Gasteiger partial charge in [-0.25, -0.2) is 0 Å². The van der Waals surface area contributed by atoms with Crippen LogP contribution in [0.3, 0.4) is 0 Å². The first-order valence-corrected chi connectivity index (χ1v) is 10.1. The van der Waals surface area contributed by atoms with Gasteiger partial charge in [0.25, 0.3) is 5.91 Å². The number of carbonyl (C=O) groups excluding carboxylic acids is 3. The molecule has 7 nitrogen and oxygen atoms in total. The van der Waals surface area contributed by atoms with Crippen LogP contribution in [0.2, 0.25) is 0 Å². The van der Waals surface area contributed by atoms with Crippen molar-refractivity contribution in [3.63, 3.8) is 0 Å². The van der Waals surface area contributed by atoms with E-state index in [9.17, 15) is 14.4 Å². The Morgan fingerprint density at radius 2 is 1.90 bits per heavy atom. The van der Waals surface area contributed by atoms with Crippen molar-refractivity contribution in [2.75, 3.05) is 30.0 Å². The van der Waals surface area contributed by atoms with Crippen LogP contribution >= 0.6 is 0 Å². The first-order valence-electron chi connectivity index (χ1n) is 10.1. The Morgan fingerprint density at radius 1 is 1.17 bits per heavy atom. The van der Waals surface area contributed by atoms with Crippen LogP contribution in [-0.4, -0.2) is 37.5 Å². The van der Waals surface area contributed by atoms with E-state index in [1.54, 1.807) is 24.3 Å². The zero-order valence-electron chi connectivity index (χ0n) is 17.2. The van der Waals surface area contributed by atoms with E-state index in [0.29, 0.717) is 23.0 Å². The summed E-state index contributed by atoms with van der Waals surface area (Å²) in [6, 6.07) is 14.6. The Hall–Kier alpha value is -3.35. The molecule has 0 spiro atoms. The highest BCUT2D eigenvalue weighted by Gasteiger charge is 2.26. The molecule has 1 atom stereocenters. The molecule has 1 aliphatic rings. The molecule has 3 rings (SSSR count). The summed E-state index contributed by atoms with van der Waals surface area (Å²) in [5, 5.41) is 2.80. The van der Waals surface area contributed by atoms with Gasteiger partial charge in [-0.15, -0.1) is 0 Å². The predicted molar refractivity (Wildman–Crippen MR) is 114 cm³/mol. The number of nitrogens with zero attached hydrogens (tertiary/aromatic N) is 1. The monoisotopic (exact) mass is 410 g/mol. The van der Waals surface area contributed by atoms with Crippen molar-refractivity contribution < 1.29 is 23.9 Å². The number of para-hydroxylation sites is 3. The highest BCUT2D eigenvalue weighted by Crippen LogP contribution is 2.31. The molecule has 1 aliphatic heterocycles. The molecule has 1 heterocycles. The molecule has 0 saturated carbocycles. The van der Waals surface area contributed by atoms with Crippen molar-refractivity contribution in [2.45, 2.75) is 32.6 Å². The van der Waals surface area contributed by atoms with Gasteiger partial charge in [-0.2, -0.15) is 0 Å². The van der Waals surface area contributed by atoms with Crippen molar-refractivity contribution in [1.29, 1.82) is 0 Å². The van der Waals surface area contributed by atoms with Crippen molar-refractivity contribution in [1.82, 2.24) is 0 Å². The number of hydrogen-bond acceptors (Lipinski definition) is 5. The van der Waals surface area contributed by atoms with Crippen LogP contribution < -0.4 is 15.0 Å². The normalized spacial score (nSPS) is 14.2. The Labute approximate surface area is 176 Å². The smallest absolute Gasteiger partial charge is 0.326 e. The second kappa shape index (κ2) is 9.91. The molecule has 0 aliphatic carbocycles. The van der Waals surface area contributed by atoms with Gasteiger partial charge in [-0.3, -0.25) is 19.3 Å². The third kappa shape index (κ3) is 5.17. The van der Waals surface area contributed by atoms with Gasteiger partial charge in [0.05, 0.1) is 18.7 Å². The number of anilines is 2. The molecule has 2 amide bonds. The minimum atomic E-state index is -0.662. The molecule has 2 aromatic rings. The topological polar surface area (TPSA) is 84.9 Å². The average molecular weight is 410 g/mol. The number of hydrogen-bond donors (Lipinski definition) is 1. The fraction of sp³-hybridized carbons (Fsp3) is 0.348. The number of esters is 1. The molecular weight excluding hydrogens is 384 g/mol. The summed E-state index contributed by atoms with van der Waals surface area (Å²) < 4.78 is 10.7. The van der Waals surface area contributed by atoms with E-state index in [-0.39, 0.29) is 25.5 Å². The van der Waals surface area contributed by atoms with Gasteiger partial charge < -0.3 is 14.8 Å². The van der Waals surface area contributed by atoms with Crippen LogP contribution in [0.4, 0.5) is 11.4 Å². The van der Waals surface area contributed by atoms with Crippen molar-refractivity contribution in [3.8, 4) is 5.75 Å². The van der Waals surface area contributed by atoms with Gasteiger partial charge >= 0.3 is 5.97 Å². The quantitative estimate of drug-likeness (QED) is 0.706. The first-order chi connectivity index (χ1) is 14.5. The minimum absolute atomic E-state index is 0.162. The first kappa shape index (κ1) is 21.4. The fourth-order valence-corrected chi connectivity index (χ4v) is 3.26. The molecule has 30 heavy (non-hydrogen) atoms. The molecule has 0 radical (unpaired) electrons. The molecule has 0 bridgehead atoms. The molecule has 0 aromatic heterocycles. The van der Waals surface area contributed by atoms with E-state index in [0.717, 1.165) is 12.0 Å². The van der Waals surface area contributed by atoms with Gasteiger partial charge in [0.15, 0.2) is 6.61 Å². The lowest BCUT2D eigenvalue weighted by atomic mass is 9.97. The van der Waals surface area contributed by atoms with E-state index in [2.05, 4.69) is 19.2 Å². The minimum Gasteiger partial charge on any atom is -0.491 e. The van der Waals surface area contributed by atoms with Gasteiger partial charge in [0.2, 0.25) is 5.91 Å². The van der Waals surface area contributed by atoms with Gasteiger partial charge in [0.1, 0.15) is 12.3 Å². The summed E-state index contributed by atoms with van der Waals surface area (Å²) in [5.41, 5.74) is 2.26. The third-order valence-corrected chi connectivity index (χ3v) is 5.06. The molecule has 0 fully saturated rings. The largest absolute Gasteiger partial charge is 0.491 e. The Bertz CT molecular complexity index is 927. The number of rotatable bonds is 7. The number of amides is 2. The van der Waals surface area contributed by atoms with Crippen LogP contribution in [0.1, 0.15) is 38.2 Å². The Balaban J connectivity index is 1.59. The summed E-state index contributed by atoms with van der Waals surface area (Å²) in [6.45, 7) is 3.71. The van der Waals surface area contributed by atoms with Crippen molar-refractivity contribution in [3.05, 3.63) is 54.1 Å². The van der Waals surface area contributed by atoms with E-state index in [1.807, 2.05) is 24.3 Å². The highest BCUT2D eigenvalue weighted by atomic mass is 16.5. The Morgan fingerprint density at radius 3 is 2.70 bits per heavy atom. The second-order valence-electron chi connectivity index (χ2n) is 7.15. The number of carbonyl (C=O) groups is 3. The molecule has 1 N–H and O–H groups in total. The molecule has 7 heteroatoms. The van der Waals surface area contributed by atoms with Crippen molar-refractivity contribution >= 4 is 29.2 Å². The van der Waals surface area contributed by atoms with E-state index >= 15 is 0 Å². The van der Waals surface area contributed by atoms with Crippen LogP contribution in [0.25, 0.3) is 0 Å². The highest BCUT2D eigenvalue weighted by molar-refractivity contribution is 6.00. The van der Waals surface area contributed by atoms with Crippen LogP contribution in [0.5, 0.6) is 5.75 Å². The van der Waals surface area contributed by atoms with Crippen LogP contribution in [0, 0.1) is 0 Å². The number of ether oxygens (including phenoxy) is 2. The molecular formula is C23H26N2O5. The average Bonchev–Trinajstić information content (AvgIpc) is 2.91. The lowest BCUT2D eigenvalue weighted by Crippen LogP contribution is -2.37. The van der Waals surface area contributed by atoms with E-state index in [1.165, 1.54) is 4.90 Å². The summed E-state index contributed by atoms with van der Waals surface area (Å²) >= 11 is 0. The number of benzene rings is 2. The summed E-state index contributed by atoms with van der Waals surface area (Å²) in [4.78, 5) is 38.3. The molecule has 158 valence electrons. The molecule has 0 saturated heterocycles. The predicted octanol–water partition coefficient (Wildman–Crippen LogP) is 3.50. The zero-order valence-corrected chi connectivity index (χ0v) is 17.2. The fourth-order valence-electron chi connectivity index (χ4n) is 3.26. The lowest BCUT2D eigenvalue weighted by Gasteiger charge is -2.21. The lowest BCUT2D eigenvalue weighted by molar-refractivity contribution is -0.146. The summed E-state index contributed by atoms with van der Waals surface area (Å²) in [5.74, 6) is -0.491. The zero-order chi connectivity index (χ0) is 21.5. The van der Waals surface area contributed by atoms with Crippen LogP contribution in [0.15, 0.2) is 48.5 Å². The number of nitrogens with one attached hydrogen (secondary N) is 1. The van der Waals surface area contributed by atoms with Crippen molar-refractivity contribution in [2.24, 2.45) is 0 Å².